The van der Waals surface area contributed by atoms with Gasteiger partial charge in [-0.05, 0) is 43.5 Å². The van der Waals surface area contributed by atoms with Crippen LogP contribution in [0.4, 0.5) is 5.13 Å². The van der Waals surface area contributed by atoms with Crippen LogP contribution in [-0.2, 0) is 16.0 Å². The van der Waals surface area contributed by atoms with Crippen LogP contribution in [-0.4, -0.2) is 34.3 Å². The van der Waals surface area contributed by atoms with Gasteiger partial charge in [0.25, 0.3) is 0 Å². The van der Waals surface area contributed by atoms with Gasteiger partial charge in [0.15, 0.2) is 5.13 Å². The van der Waals surface area contributed by atoms with Gasteiger partial charge >= 0.3 is 0 Å². The monoisotopic (exact) mass is 419 g/mol. The van der Waals surface area contributed by atoms with E-state index in [0.717, 1.165) is 25.9 Å². The van der Waals surface area contributed by atoms with Crippen molar-refractivity contribution in [3.8, 4) is 0 Å². The van der Waals surface area contributed by atoms with Crippen molar-refractivity contribution in [3.05, 3.63) is 45.6 Å². The van der Waals surface area contributed by atoms with Crippen molar-refractivity contribution >= 4 is 61.4 Å². The minimum atomic E-state index is -0.420. The average molecular weight is 420 g/mol. The number of halogens is 1. The first kappa shape index (κ1) is 18.4. The molecule has 1 unspecified atom stereocenters. The van der Waals surface area contributed by atoms with E-state index in [4.69, 9.17) is 11.6 Å². The molecule has 0 radical (unpaired) electrons. The van der Waals surface area contributed by atoms with Gasteiger partial charge < -0.3 is 10.2 Å². The number of hydrogen-bond donors (Lipinski definition) is 1. The normalized spacial score (nSPS) is 16.8. The molecule has 1 N–H and O–H groups in total. The predicted octanol–water partition coefficient (Wildman–Crippen LogP) is 4.57. The van der Waals surface area contributed by atoms with Crippen LogP contribution in [0.15, 0.2) is 36.4 Å². The van der Waals surface area contributed by atoms with Crippen LogP contribution < -0.4 is 5.32 Å². The summed E-state index contributed by atoms with van der Waals surface area (Å²) in [6.45, 7) is 0.627. The maximum atomic E-state index is 12.7. The number of aromatic nitrogens is 1. The van der Waals surface area contributed by atoms with Gasteiger partial charge in [-0.25, -0.2) is 4.98 Å². The van der Waals surface area contributed by atoms with Crippen LogP contribution in [0.1, 0.15) is 24.1 Å². The number of aryl methyl sites for hydroxylation is 1. The second-order valence-corrected chi connectivity index (χ2v) is 9.26. The second kappa shape index (κ2) is 7.96. The molecule has 5 nitrogen and oxygen atoms in total. The molecule has 0 spiro atoms. The number of amides is 2. The lowest BCUT2D eigenvalue weighted by Gasteiger charge is -2.23. The smallest absolute Gasteiger partial charge is 0.248 e. The molecule has 8 heteroatoms. The topological polar surface area (TPSA) is 62.3 Å². The second-order valence-electron chi connectivity index (χ2n) is 6.43. The molecule has 1 aliphatic rings. The number of fused-ring (bicyclic) bond motifs is 1. The van der Waals surface area contributed by atoms with Crippen LogP contribution in [0.5, 0.6) is 0 Å². The Bertz CT molecular complexity index is 951. The van der Waals surface area contributed by atoms with E-state index >= 15 is 0 Å². The largest absolute Gasteiger partial charge is 0.331 e. The van der Waals surface area contributed by atoms with E-state index < -0.39 is 6.04 Å². The van der Waals surface area contributed by atoms with Crippen LogP contribution in [0.2, 0.25) is 4.34 Å². The Morgan fingerprint density at radius 1 is 1.22 bits per heavy atom. The fourth-order valence-corrected chi connectivity index (χ4v) is 5.27. The van der Waals surface area contributed by atoms with E-state index in [1.54, 1.807) is 4.90 Å². The molecule has 1 aliphatic heterocycles. The number of nitrogens with zero attached hydrogens (tertiary/aromatic N) is 2. The predicted molar refractivity (Wildman–Crippen MR) is 111 cm³/mol. The van der Waals surface area contributed by atoms with Crippen molar-refractivity contribution < 1.29 is 9.59 Å². The van der Waals surface area contributed by atoms with Crippen molar-refractivity contribution in [1.82, 2.24) is 9.88 Å². The van der Waals surface area contributed by atoms with Gasteiger partial charge in [0.05, 0.1) is 14.6 Å². The van der Waals surface area contributed by atoms with E-state index in [0.29, 0.717) is 30.9 Å². The SMILES string of the molecule is O=C(Nc1nc2ccccc2s1)C1CCCN1C(=O)CCc1ccc(Cl)s1. The van der Waals surface area contributed by atoms with Crippen LogP contribution in [0, 0.1) is 0 Å². The molecule has 3 aromatic rings. The molecule has 27 heavy (non-hydrogen) atoms. The zero-order valence-electron chi connectivity index (χ0n) is 14.5. The molecular formula is C19H18ClN3O2S2. The third-order valence-electron chi connectivity index (χ3n) is 4.61. The molecule has 2 amide bonds. The van der Waals surface area contributed by atoms with Crippen LogP contribution in [0.3, 0.4) is 0 Å². The first-order chi connectivity index (χ1) is 13.1. The van der Waals surface area contributed by atoms with Crippen LogP contribution in [0.25, 0.3) is 10.2 Å². The van der Waals surface area contributed by atoms with E-state index in [2.05, 4.69) is 10.3 Å². The molecule has 1 saturated heterocycles. The summed E-state index contributed by atoms with van der Waals surface area (Å²) >= 11 is 8.88. The highest BCUT2D eigenvalue weighted by Gasteiger charge is 2.34. The number of nitrogens with one attached hydrogen (secondary N) is 1. The summed E-state index contributed by atoms with van der Waals surface area (Å²) in [4.78, 5) is 32.6. The quantitative estimate of drug-likeness (QED) is 0.658. The van der Waals surface area contributed by atoms with Gasteiger partial charge in [0.2, 0.25) is 11.8 Å². The highest BCUT2D eigenvalue weighted by molar-refractivity contribution is 7.22. The number of carbonyl (C=O) groups excluding carboxylic acids is 2. The third kappa shape index (κ3) is 4.15. The lowest BCUT2D eigenvalue weighted by molar-refractivity contribution is -0.136. The molecule has 4 rings (SSSR count). The first-order valence-electron chi connectivity index (χ1n) is 8.80. The van der Waals surface area contributed by atoms with Gasteiger partial charge in [-0.15, -0.1) is 11.3 Å². The minimum absolute atomic E-state index is 0.0153. The van der Waals surface area contributed by atoms with Crippen molar-refractivity contribution in [3.63, 3.8) is 0 Å². The fraction of sp³-hybridized carbons (Fsp3) is 0.316. The van der Waals surface area contributed by atoms with Gasteiger partial charge in [-0.1, -0.05) is 35.1 Å². The van der Waals surface area contributed by atoms with Crippen molar-refractivity contribution in [2.45, 2.75) is 31.7 Å². The molecule has 1 aromatic carbocycles. The highest BCUT2D eigenvalue weighted by Crippen LogP contribution is 2.27. The zero-order chi connectivity index (χ0) is 18.8. The summed E-state index contributed by atoms with van der Waals surface area (Å²) in [7, 11) is 0. The number of likely N-dealkylation sites (tertiary alicyclic amines) is 1. The highest BCUT2D eigenvalue weighted by atomic mass is 35.5. The summed E-state index contributed by atoms with van der Waals surface area (Å²) in [5.41, 5.74) is 0.867. The van der Waals surface area contributed by atoms with Gasteiger partial charge in [0.1, 0.15) is 6.04 Å². The number of thiophene rings is 1. The summed E-state index contributed by atoms with van der Waals surface area (Å²) in [5.74, 6) is -0.138. The molecule has 3 heterocycles. The standard InChI is InChI=1S/C19H18ClN3O2S2/c20-16-9-7-12(26-16)8-10-17(24)23-11-3-5-14(23)18(25)22-19-21-13-4-1-2-6-15(13)27-19/h1-2,4,6-7,9,14H,3,5,8,10-11H2,(H,21,22,25). The van der Waals surface area contributed by atoms with E-state index in [9.17, 15) is 9.59 Å². The number of anilines is 1. The zero-order valence-corrected chi connectivity index (χ0v) is 16.9. The van der Waals surface area contributed by atoms with Crippen molar-refractivity contribution in [2.24, 2.45) is 0 Å². The Balaban J connectivity index is 1.39. The Labute approximate surface area is 170 Å². The molecule has 140 valence electrons. The maximum absolute atomic E-state index is 12.7. The summed E-state index contributed by atoms with van der Waals surface area (Å²) in [6, 6.07) is 11.1. The first-order valence-corrected chi connectivity index (χ1v) is 10.8. The Hall–Kier alpha value is -1.96. The Morgan fingerprint density at radius 2 is 2.07 bits per heavy atom. The number of para-hydroxylation sites is 1. The average Bonchev–Trinajstić information content (AvgIpc) is 3.38. The van der Waals surface area contributed by atoms with Gasteiger partial charge in [0, 0.05) is 17.8 Å². The van der Waals surface area contributed by atoms with E-state index in [1.807, 2.05) is 36.4 Å². The van der Waals surface area contributed by atoms with Crippen molar-refractivity contribution in [2.75, 3.05) is 11.9 Å². The van der Waals surface area contributed by atoms with E-state index in [-0.39, 0.29) is 11.8 Å². The number of hydrogen-bond acceptors (Lipinski definition) is 5. The summed E-state index contributed by atoms with van der Waals surface area (Å²) in [6.07, 6.45) is 2.57. The van der Waals surface area contributed by atoms with Crippen molar-refractivity contribution in [1.29, 1.82) is 0 Å². The lowest BCUT2D eigenvalue weighted by Crippen LogP contribution is -2.43. The van der Waals surface area contributed by atoms with Gasteiger partial charge in [-0.2, -0.15) is 0 Å². The molecular weight excluding hydrogens is 402 g/mol. The molecule has 0 saturated carbocycles. The Kier molecular flexibility index (Phi) is 5.43. The van der Waals surface area contributed by atoms with Crippen LogP contribution >= 0.6 is 34.3 Å². The molecule has 0 bridgehead atoms. The summed E-state index contributed by atoms with van der Waals surface area (Å²) in [5, 5.41) is 3.47. The molecule has 0 aliphatic carbocycles. The number of thiazole rings is 1. The van der Waals surface area contributed by atoms with E-state index in [1.165, 1.54) is 22.7 Å². The summed E-state index contributed by atoms with van der Waals surface area (Å²) < 4.78 is 1.76. The fourth-order valence-electron chi connectivity index (χ4n) is 3.31. The molecule has 2 aromatic heterocycles. The lowest BCUT2D eigenvalue weighted by atomic mass is 10.2. The molecule has 1 atom stereocenters. The maximum Gasteiger partial charge on any atom is 0.248 e. The Morgan fingerprint density at radius 3 is 2.85 bits per heavy atom. The molecule has 1 fully saturated rings. The number of carbonyl (C=O) groups is 2. The van der Waals surface area contributed by atoms with Gasteiger partial charge in [-0.3, -0.25) is 9.59 Å². The number of benzene rings is 1. The number of rotatable bonds is 5. The third-order valence-corrected chi connectivity index (χ3v) is 6.86. The minimum Gasteiger partial charge on any atom is -0.331 e.